The summed E-state index contributed by atoms with van der Waals surface area (Å²) in [7, 11) is 1.65. The molecule has 0 bridgehead atoms. The van der Waals surface area contributed by atoms with Gasteiger partial charge in [0, 0.05) is 19.6 Å². The van der Waals surface area contributed by atoms with Gasteiger partial charge in [0.25, 0.3) is 0 Å². The van der Waals surface area contributed by atoms with E-state index in [9.17, 15) is 4.79 Å². The predicted molar refractivity (Wildman–Crippen MR) is 111 cm³/mol. The van der Waals surface area contributed by atoms with Crippen molar-refractivity contribution in [2.75, 3.05) is 25.1 Å². The average molecular weight is 378 g/mol. The van der Waals surface area contributed by atoms with Crippen molar-refractivity contribution in [2.24, 2.45) is 5.92 Å². The van der Waals surface area contributed by atoms with Gasteiger partial charge in [0.15, 0.2) is 0 Å². The fourth-order valence-corrected chi connectivity index (χ4v) is 3.72. The summed E-state index contributed by atoms with van der Waals surface area (Å²) in [5.41, 5.74) is 4.28. The normalized spacial score (nSPS) is 16.9. The Morgan fingerprint density at radius 3 is 2.89 bits per heavy atom. The minimum Gasteiger partial charge on any atom is -0.497 e. The number of methoxy groups -OCH3 is 1. The Kier molecular flexibility index (Phi) is 5.19. The summed E-state index contributed by atoms with van der Waals surface area (Å²) in [4.78, 5) is 23.0. The number of ether oxygens (including phenoxy) is 1. The molecule has 1 atom stereocenters. The maximum atomic E-state index is 12.7. The van der Waals surface area contributed by atoms with Gasteiger partial charge in [-0.1, -0.05) is 18.2 Å². The Hall–Kier alpha value is -3.02. The van der Waals surface area contributed by atoms with E-state index < -0.39 is 0 Å². The largest absolute Gasteiger partial charge is 0.497 e. The third-order valence-corrected chi connectivity index (χ3v) is 5.34. The molecule has 1 amide bonds. The topological polar surface area (TPSA) is 70.2 Å². The number of nitrogens with zero attached hydrogens (tertiary/aromatic N) is 2. The van der Waals surface area contributed by atoms with Crippen LogP contribution in [0.25, 0.3) is 11.0 Å². The molecule has 0 radical (unpaired) electrons. The standard InChI is InChI=1S/C22H26N4O2/c1-15-5-10-19-20(12-15)25-22(24-19)26-11-3-4-17(14-26)21(27)23-13-16-6-8-18(28-2)9-7-16/h5-10,12,17H,3-4,11,13-14H2,1-2H3,(H,23,27)(H,24,25)/t17-/m1/s1. The smallest absolute Gasteiger partial charge is 0.225 e. The molecule has 0 spiro atoms. The minimum absolute atomic E-state index is 0.0260. The molecule has 146 valence electrons. The van der Waals surface area contributed by atoms with Gasteiger partial charge < -0.3 is 19.9 Å². The van der Waals surface area contributed by atoms with Crippen LogP contribution in [-0.2, 0) is 11.3 Å². The number of anilines is 1. The van der Waals surface area contributed by atoms with Crippen molar-refractivity contribution < 1.29 is 9.53 Å². The number of hydrogen-bond acceptors (Lipinski definition) is 4. The molecule has 3 aromatic rings. The Balaban J connectivity index is 1.38. The molecule has 6 nitrogen and oxygen atoms in total. The Bertz CT molecular complexity index is 964. The molecule has 2 heterocycles. The van der Waals surface area contributed by atoms with Gasteiger partial charge >= 0.3 is 0 Å². The number of hydrogen-bond donors (Lipinski definition) is 2. The lowest BCUT2D eigenvalue weighted by Gasteiger charge is -2.31. The molecule has 1 fully saturated rings. The maximum Gasteiger partial charge on any atom is 0.225 e. The molecule has 28 heavy (non-hydrogen) atoms. The highest BCUT2D eigenvalue weighted by atomic mass is 16.5. The third-order valence-electron chi connectivity index (χ3n) is 5.34. The zero-order valence-corrected chi connectivity index (χ0v) is 16.4. The molecule has 6 heteroatoms. The van der Waals surface area contributed by atoms with E-state index in [1.54, 1.807) is 7.11 Å². The molecule has 1 saturated heterocycles. The van der Waals surface area contributed by atoms with E-state index in [-0.39, 0.29) is 11.8 Å². The van der Waals surface area contributed by atoms with Gasteiger partial charge in [-0.25, -0.2) is 4.98 Å². The number of nitrogens with one attached hydrogen (secondary N) is 2. The van der Waals surface area contributed by atoms with Crippen LogP contribution in [0.3, 0.4) is 0 Å². The molecule has 2 aromatic carbocycles. The van der Waals surface area contributed by atoms with Crippen LogP contribution in [0.5, 0.6) is 5.75 Å². The number of carbonyl (C=O) groups is 1. The fraction of sp³-hybridized carbons (Fsp3) is 0.364. The lowest BCUT2D eigenvalue weighted by molar-refractivity contribution is -0.125. The van der Waals surface area contributed by atoms with Crippen LogP contribution in [0.1, 0.15) is 24.0 Å². The van der Waals surface area contributed by atoms with Crippen molar-refractivity contribution in [2.45, 2.75) is 26.3 Å². The van der Waals surface area contributed by atoms with Gasteiger partial charge in [-0.3, -0.25) is 4.79 Å². The number of H-pyrrole nitrogens is 1. The summed E-state index contributed by atoms with van der Waals surface area (Å²) >= 11 is 0. The van der Waals surface area contributed by atoms with E-state index in [1.165, 1.54) is 5.56 Å². The van der Waals surface area contributed by atoms with E-state index >= 15 is 0 Å². The molecular weight excluding hydrogens is 352 g/mol. The average Bonchev–Trinajstić information content (AvgIpc) is 3.15. The van der Waals surface area contributed by atoms with Crippen molar-refractivity contribution in [1.29, 1.82) is 0 Å². The molecule has 1 aromatic heterocycles. The van der Waals surface area contributed by atoms with Crippen LogP contribution in [-0.4, -0.2) is 36.1 Å². The second kappa shape index (κ2) is 7.92. The number of aromatic amines is 1. The molecule has 1 aliphatic rings. The number of benzene rings is 2. The van der Waals surface area contributed by atoms with Crippen molar-refractivity contribution in [3.8, 4) is 5.75 Å². The number of imidazole rings is 1. The lowest BCUT2D eigenvalue weighted by Crippen LogP contribution is -2.43. The van der Waals surface area contributed by atoms with Crippen LogP contribution < -0.4 is 15.0 Å². The van der Waals surface area contributed by atoms with Gasteiger partial charge in [0.2, 0.25) is 11.9 Å². The van der Waals surface area contributed by atoms with Crippen molar-refractivity contribution in [3.05, 3.63) is 53.6 Å². The Morgan fingerprint density at radius 2 is 2.11 bits per heavy atom. The molecule has 0 saturated carbocycles. The third kappa shape index (κ3) is 3.96. The number of amides is 1. The summed E-state index contributed by atoms with van der Waals surface area (Å²) in [5, 5.41) is 3.08. The Morgan fingerprint density at radius 1 is 1.29 bits per heavy atom. The van der Waals surface area contributed by atoms with E-state index in [4.69, 9.17) is 9.72 Å². The van der Waals surface area contributed by atoms with Crippen LogP contribution in [0, 0.1) is 12.8 Å². The van der Waals surface area contributed by atoms with Gasteiger partial charge in [0.05, 0.1) is 24.1 Å². The van der Waals surface area contributed by atoms with Crippen LogP contribution >= 0.6 is 0 Å². The number of carbonyl (C=O) groups excluding carboxylic acids is 1. The number of aromatic nitrogens is 2. The van der Waals surface area contributed by atoms with Gasteiger partial charge in [-0.15, -0.1) is 0 Å². The van der Waals surface area contributed by atoms with E-state index in [1.807, 2.05) is 30.3 Å². The predicted octanol–water partition coefficient (Wildman–Crippen LogP) is 3.41. The molecule has 0 unspecified atom stereocenters. The van der Waals surface area contributed by atoms with Crippen LogP contribution in [0.4, 0.5) is 5.95 Å². The van der Waals surface area contributed by atoms with E-state index in [2.05, 4.69) is 34.3 Å². The lowest BCUT2D eigenvalue weighted by atomic mass is 9.97. The van der Waals surface area contributed by atoms with Crippen molar-refractivity contribution in [1.82, 2.24) is 15.3 Å². The number of fused-ring (bicyclic) bond motifs is 1. The first-order valence-electron chi connectivity index (χ1n) is 9.74. The fourth-order valence-electron chi connectivity index (χ4n) is 3.72. The highest BCUT2D eigenvalue weighted by Gasteiger charge is 2.27. The van der Waals surface area contributed by atoms with Gasteiger partial charge in [-0.2, -0.15) is 0 Å². The van der Waals surface area contributed by atoms with E-state index in [0.29, 0.717) is 13.1 Å². The highest BCUT2D eigenvalue weighted by molar-refractivity contribution is 5.80. The van der Waals surface area contributed by atoms with E-state index in [0.717, 1.165) is 47.7 Å². The van der Waals surface area contributed by atoms with Crippen LogP contribution in [0.2, 0.25) is 0 Å². The molecule has 4 rings (SSSR count). The second-order valence-corrected chi connectivity index (χ2v) is 7.43. The highest BCUT2D eigenvalue weighted by Crippen LogP contribution is 2.24. The summed E-state index contributed by atoms with van der Waals surface area (Å²) in [5.74, 6) is 1.75. The van der Waals surface area contributed by atoms with Gasteiger partial charge in [0.1, 0.15) is 5.75 Å². The first-order chi connectivity index (χ1) is 13.6. The minimum atomic E-state index is -0.0260. The number of aryl methyl sites for hydroxylation is 1. The summed E-state index contributed by atoms with van der Waals surface area (Å²) in [6.07, 6.45) is 1.89. The first kappa shape index (κ1) is 18.3. The zero-order chi connectivity index (χ0) is 19.5. The second-order valence-electron chi connectivity index (χ2n) is 7.43. The monoisotopic (exact) mass is 378 g/mol. The van der Waals surface area contributed by atoms with Crippen molar-refractivity contribution in [3.63, 3.8) is 0 Å². The quantitative estimate of drug-likeness (QED) is 0.714. The molecule has 2 N–H and O–H groups in total. The van der Waals surface area contributed by atoms with Gasteiger partial charge in [-0.05, 0) is 55.2 Å². The maximum absolute atomic E-state index is 12.7. The number of rotatable bonds is 5. The summed E-state index contributed by atoms with van der Waals surface area (Å²) in [6, 6.07) is 14.0. The number of piperidine rings is 1. The molecular formula is C22H26N4O2. The first-order valence-corrected chi connectivity index (χ1v) is 9.74. The molecule has 1 aliphatic heterocycles. The van der Waals surface area contributed by atoms with Crippen molar-refractivity contribution >= 4 is 22.9 Å². The SMILES string of the molecule is COc1ccc(CNC(=O)[C@@H]2CCCN(c3nc4ccc(C)cc4[nH]3)C2)cc1. The zero-order valence-electron chi connectivity index (χ0n) is 16.4. The molecule has 0 aliphatic carbocycles. The van der Waals surface area contributed by atoms with Crippen LogP contribution in [0.15, 0.2) is 42.5 Å². The summed E-state index contributed by atoms with van der Waals surface area (Å²) < 4.78 is 5.17. The Labute approximate surface area is 164 Å². The summed E-state index contributed by atoms with van der Waals surface area (Å²) in [6.45, 7) is 4.21.